The lowest BCUT2D eigenvalue weighted by Gasteiger charge is -2.07. The first-order chi connectivity index (χ1) is 10.3. The van der Waals surface area contributed by atoms with E-state index in [1.54, 1.807) is 0 Å². The maximum absolute atomic E-state index is 5.85. The second-order valence-electron chi connectivity index (χ2n) is 5.16. The van der Waals surface area contributed by atoms with Gasteiger partial charge in [-0.3, -0.25) is 0 Å². The molecule has 0 bridgehead atoms. The number of rotatable bonds is 7. The van der Waals surface area contributed by atoms with Gasteiger partial charge < -0.3 is 10.1 Å². The Morgan fingerprint density at radius 1 is 1.05 bits per heavy atom. The summed E-state index contributed by atoms with van der Waals surface area (Å²) in [6.07, 6.45) is 3.36. The summed E-state index contributed by atoms with van der Waals surface area (Å²) in [5.41, 5.74) is 2.49. The van der Waals surface area contributed by atoms with Crippen molar-refractivity contribution in [3.05, 3.63) is 65.7 Å². The fourth-order valence-electron chi connectivity index (χ4n) is 2.09. The minimum Gasteiger partial charge on any atom is -0.457 e. The quantitative estimate of drug-likeness (QED) is 0.730. The van der Waals surface area contributed by atoms with Gasteiger partial charge in [-0.15, -0.1) is 0 Å². The molecule has 110 valence electrons. The number of para-hydroxylation sites is 1. The van der Waals surface area contributed by atoms with E-state index in [2.05, 4.69) is 37.4 Å². The zero-order chi connectivity index (χ0) is 14.9. The van der Waals surface area contributed by atoms with Crippen molar-refractivity contribution in [3.63, 3.8) is 0 Å². The molecule has 2 rings (SSSR count). The molecule has 0 amide bonds. The highest BCUT2D eigenvalue weighted by atomic mass is 16.5. The van der Waals surface area contributed by atoms with E-state index in [1.807, 2.05) is 42.5 Å². The Bertz CT molecular complexity index is 575. The Balaban J connectivity index is 2.02. The molecule has 0 spiro atoms. The molecule has 0 heterocycles. The molecule has 0 aliphatic heterocycles. The molecular formula is C19H23NO. The smallest absolute Gasteiger partial charge is 0.128 e. The summed E-state index contributed by atoms with van der Waals surface area (Å²) in [4.78, 5) is 0. The van der Waals surface area contributed by atoms with Crippen LogP contribution in [0.1, 0.15) is 25.8 Å². The highest BCUT2D eigenvalue weighted by Gasteiger charge is 1.98. The summed E-state index contributed by atoms with van der Waals surface area (Å²) in [5, 5.41) is 3.41. The lowest BCUT2D eigenvalue weighted by Crippen LogP contribution is -2.16. The van der Waals surface area contributed by atoms with Crippen LogP contribution in [-0.2, 0) is 0 Å². The molecule has 0 radical (unpaired) electrons. The normalized spacial score (nSPS) is 11.4. The van der Waals surface area contributed by atoms with Crippen LogP contribution in [-0.4, -0.2) is 13.1 Å². The van der Waals surface area contributed by atoms with Gasteiger partial charge in [0.2, 0.25) is 0 Å². The molecule has 0 aromatic heterocycles. The van der Waals surface area contributed by atoms with Crippen molar-refractivity contribution in [1.29, 1.82) is 0 Å². The van der Waals surface area contributed by atoms with Gasteiger partial charge in [0.05, 0.1) is 0 Å². The molecule has 2 aromatic carbocycles. The molecule has 2 nitrogen and oxygen atoms in total. The summed E-state index contributed by atoms with van der Waals surface area (Å²) >= 11 is 0. The maximum Gasteiger partial charge on any atom is 0.128 e. The molecular weight excluding hydrogens is 258 g/mol. The van der Waals surface area contributed by atoms with Gasteiger partial charge in [0, 0.05) is 6.54 Å². The molecule has 0 saturated heterocycles. The number of ether oxygens (including phenoxy) is 1. The molecule has 21 heavy (non-hydrogen) atoms. The van der Waals surface area contributed by atoms with E-state index in [4.69, 9.17) is 4.74 Å². The highest BCUT2D eigenvalue weighted by molar-refractivity contribution is 5.55. The predicted molar refractivity (Wildman–Crippen MR) is 89.8 cm³/mol. The van der Waals surface area contributed by atoms with Crippen molar-refractivity contribution in [2.75, 3.05) is 13.1 Å². The average molecular weight is 281 g/mol. The summed E-state index contributed by atoms with van der Waals surface area (Å²) in [5.74, 6) is 1.73. The molecule has 0 aliphatic rings. The second kappa shape index (κ2) is 8.28. The Morgan fingerprint density at radius 2 is 1.81 bits per heavy atom. The van der Waals surface area contributed by atoms with Gasteiger partial charge in [0.1, 0.15) is 11.5 Å². The van der Waals surface area contributed by atoms with Crippen LogP contribution in [0.5, 0.6) is 11.5 Å². The van der Waals surface area contributed by atoms with Gasteiger partial charge in [-0.25, -0.2) is 0 Å². The molecule has 2 aromatic rings. The van der Waals surface area contributed by atoms with Crippen LogP contribution >= 0.6 is 0 Å². The van der Waals surface area contributed by atoms with E-state index in [1.165, 1.54) is 11.1 Å². The van der Waals surface area contributed by atoms with Crippen LogP contribution in [0.25, 0.3) is 6.08 Å². The van der Waals surface area contributed by atoms with Crippen LogP contribution in [0.4, 0.5) is 0 Å². The van der Waals surface area contributed by atoms with E-state index in [9.17, 15) is 0 Å². The topological polar surface area (TPSA) is 21.3 Å². The monoisotopic (exact) mass is 281 g/mol. The van der Waals surface area contributed by atoms with Crippen molar-refractivity contribution >= 4 is 6.08 Å². The zero-order valence-electron chi connectivity index (χ0n) is 12.8. The Hall–Kier alpha value is -2.06. The first kappa shape index (κ1) is 15.3. The molecule has 0 aliphatic carbocycles. The lowest BCUT2D eigenvalue weighted by atomic mass is 10.1. The van der Waals surface area contributed by atoms with Crippen molar-refractivity contribution in [2.45, 2.75) is 20.3 Å². The Labute approximate surface area is 127 Å². The minimum atomic E-state index is 0.861. The van der Waals surface area contributed by atoms with Gasteiger partial charge in [0.15, 0.2) is 0 Å². The van der Waals surface area contributed by atoms with Crippen molar-refractivity contribution in [1.82, 2.24) is 5.32 Å². The van der Waals surface area contributed by atoms with Crippen LogP contribution in [0.15, 0.2) is 60.2 Å². The summed E-state index contributed by atoms with van der Waals surface area (Å²) < 4.78 is 5.85. The SMILES string of the molecule is CCCNCC(C)=Cc1cccc(Oc2ccccc2)c1. The van der Waals surface area contributed by atoms with E-state index in [0.717, 1.165) is 31.0 Å². The van der Waals surface area contributed by atoms with Crippen LogP contribution in [0, 0.1) is 0 Å². The lowest BCUT2D eigenvalue weighted by molar-refractivity contribution is 0.482. The maximum atomic E-state index is 5.85. The summed E-state index contributed by atoms with van der Waals surface area (Å²) in [6, 6.07) is 18.0. The Kier molecular flexibility index (Phi) is 6.04. The van der Waals surface area contributed by atoms with Crippen LogP contribution < -0.4 is 10.1 Å². The third-order valence-corrected chi connectivity index (χ3v) is 3.08. The number of benzene rings is 2. The average Bonchev–Trinajstić information content (AvgIpc) is 2.49. The fourth-order valence-corrected chi connectivity index (χ4v) is 2.09. The van der Waals surface area contributed by atoms with Crippen molar-refractivity contribution < 1.29 is 4.74 Å². The third-order valence-electron chi connectivity index (χ3n) is 3.08. The largest absolute Gasteiger partial charge is 0.457 e. The zero-order valence-corrected chi connectivity index (χ0v) is 12.8. The molecule has 0 fully saturated rings. The molecule has 0 saturated carbocycles. The number of hydrogen-bond donors (Lipinski definition) is 1. The first-order valence-corrected chi connectivity index (χ1v) is 7.49. The van der Waals surface area contributed by atoms with Crippen LogP contribution in [0.2, 0.25) is 0 Å². The molecule has 0 unspecified atom stereocenters. The number of hydrogen-bond acceptors (Lipinski definition) is 2. The first-order valence-electron chi connectivity index (χ1n) is 7.49. The van der Waals surface area contributed by atoms with Crippen molar-refractivity contribution in [3.8, 4) is 11.5 Å². The Morgan fingerprint density at radius 3 is 2.57 bits per heavy atom. The summed E-state index contributed by atoms with van der Waals surface area (Å²) in [6.45, 7) is 6.31. The van der Waals surface area contributed by atoms with E-state index >= 15 is 0 Å². The van der Waals surface area contributed by atoms with Gasteiger partial charge in [-0.2, -0.15) is 0 Å². The van der Waals surface area contributed by atoms with E-state index in [0.29, 0.717) is 0 Å². The van der Waals surface area contributed by atoms with E-state index in [-0.39, 0.29) is 0 Å². The molecule has 1 N–H and O–H groups in total. The second-order valence-corrected chi connectivity index (χ2v) is 5.16. The predicted octanol–water partition coefficient (Wildman–Crippen LogP) is 4.88. The summed E-state index contributed by atoms with van der Waals surface area (Å²) in [7, 11) is 0. The van der Waals surface area contributed by atoms with Gasteiger partial charge in [-0.05, 0) is 49.7 Å². The standard InChI is InChI=1S/C19H23NO/c1-3-12-20-15-16(2)13-17-8-7-11-19(14-17)21-18-9-5-4-6-10-18/h4-11,13-14,20H,3,12,15H2,1-2H3. The van der Waals surface area contributed by atoms with Gasteiger partial charge in [0.25, 0.3) is 0 Å². The van der Waals surface area contributed by atoms with Gasteiger partial charge >= 0.3 is 0 Å². The number of nitrogens with one attached hydrogen (secondary N) is 1. The fraction of sp³-hybridized carbons (Fsp3) is 0.263. The minimum absolute atomic E-state index is 0.861. The molecule has 2 heteroatoms. The highest BCUT2D eigenvalue weighted by Crippen LogP contribution is 2.22. The molecule has 0 atom stereocenters. The van der Waals surface area contributed by atoms with Gasteiger partial charge in [-0.1, -0.05) is 48.9 Å². The van der Waals surface area contributed by atoms with Crippen molar-refractivity contribution in [2.24, 2.45) is 0 Å². The van der Waals surface area contributed by atoms with Crippen LogP contribution in [0.3, 0.4) is 0 Å². The van der Waals surface area contributed by atoms with E-state index < -0.39 is 0 Å². The third kappa shape index (κ3) is 5.44.